The van der Waals surface area contributed by atoms with Crippen LogP contribution in [0.1, 0.15) is 6.92 Å². The van der Waals surface area contributed by atoms with Gasteiger partial charge in [0.05, 0.1) is 0 Å². The van der Waals surface area contributed by atoms with E-state index in [0.717, 1.165) is 0 Å². The van der Waals surface area contributed by atoms with Gasteiger partial charge in [-0.3, -0.25) is 4.79 Å². The lowest BCUT2D eigenvalue weighted by Crippen LogP contribution is -2.48. The number of hydrogen-bond acceptors (Lipinski definition) is 2. The molecule has 0 fully saturated rings. The van der Waals surface area contributed by atoms with Crippen molar-refractivity contribution in [3.63, 3.8) is 0 Å². The van der Waals surface area contributed by atoms with Crippen LogP contribution in [-0.2, 0) is 4.79 Å². The van der Waals surface area contributed by atoms with Gasteiger partial charge in [0.15, 0.2) is 0 Å². The fraction of sp³-hybridized carbons (Fsp3) is 0.556. The normalized spacial score (nSPS) is 12.7. The van der Waals surface area contributed by atoms with Crippen molar-refractivity contribution in [2.45, 2.75) is 19.1 Å². The number of nitrogens with zero attached hydrogens (tertiary/aromatic N) is 1. The van der Waals surface area contributed by atoms with Gasteiger partial charge >= 0.3 is 18.2 Å². The van der Waals surface area contributed by atoms with Crippen LogP contribution in [0.2, 0.25) is 0 Å². The van der Waals surface area contributed by atoms with Gasteiger partial charge in [-0.25, -0.2) is 4.79 Å². The van der Waals surface area contributed by atoms with Crippen molar-refractivity contribution in [2.24, 2.45) is 0 Å². The first kappa shape index (κ1) is 15.3. The fourth-order valence-electron chi connectivity index (χ4n) is 0.924. The van der Waals surface area contributed by atoms with E-state index in [1.165, 1.54) is 13.0 Å². The standard InChI is InChI=1S/C9H13F3N2O3/c1-3-6(2)13-8(17)14(4-7(15)16)5-9(10,11)12/h3,6H,1,4-5H2,2H3,(H,13,17)(H,15,16). The minimum atomic E-state index is -4.65. The Morgan fingerprint density at radius 2 is 2.06 bits per heavy atom. The van der Waals surface area contributed by atoms with Crippen molar-refractivity contribution in [1.82, 2.24) is 10.2 Å². The molecule has 2 N–H and O–H groups in total. The lowest BCUT2D eigenvalue weighted by atomic mass is 10.3. The molecule has 0 bridgehead atoms. The van der Waals surface area contributed by atoms with E-state index in [2.05, 4.69) is 11.9 Å². The number of halogens is 3. The van der Waals surface area contributed by atoms with Gasteiger partial charge in [0, 0.05) is 6.04 Å². The number of urea groups is 1. The Balaban J connectivity index is 4.61. The molecule has 2 amide bonds. The van der Waals surface area contributed by atoms with E-state index in [-0.39, 0.29) is 4.90 Å². The Kier molecular flexibility index (Phi) is 5.49. The van der Waals surface area contributed by atoms with Gasteiger partial charge in [0.25, 0.3) is 0 Å². The summed E-state index contributed by atoms with van der Waals surface area (Å²) in [5, 5.41) is 10.6. The van der Waals surface area contributed by atoms with Crippen LogP contribution in [-0.4, -0.2) is 47.3 Å². The number of carbonyl (C=O) groups is 2. The molecule has 98 valence electrons. The molecule has 0 saturated carbocycles. The van der Waals surface area contributed by atoms with E-state index >= 15 is 0 Å². The SMILES string of the molecule is C=CC(C)NC(=O)N(CC(=O)O)CC(F)(F)F. The Hall–Kier alpha value is -1.73. The molecule has 0 heterocycles. The molecule has 0 aromatic rings. The lowest BCUT2D eigenvalue weighted by Gasteiger charge is -2.23. The average Bonchev–Trinajstić information content (AvgIpc) is 2.13. The zero-order chi connectivity index (χ0) is 13.6. The van der Waals surface area contributed by atoms with Crippen LogP contribution in [0.3, 0.4) is 0 Å². The highest BCUT2D eigenvalue weighted by Crippen LogP contribution is 2.16. The molecule has 0 radical (unpaired) electrons. The summed E-state index contributed by atoms with van der Waals surface area (Å²) in [5.41, 5.74) is 0. The summed E-state index contributed by atoms with van der Waals surface area (Å²) in [6.45, 7) is 2.20. The van der Waals surface area contributed by atoms with E-state index in [0.29, 0.717) is 0 Å². The number of nitrogens with one attached hydrogen (secondary N) is 1. The molecule has 0 aromatic carbocycles. The fourth-order valence-corrected chi connectivity index (χ4v) is 0.924. The summed E-state index contributed by atoms with van der Waals surface area (Å²) < 4.78 is 36.3. The minimum absolute atomic E-state index is 0.169. The molecule has 0 spiro atoms. The highest BCUT2D eigenvalue weighted by Gasteiger charge is 2.34. The van der Waals surface area contributed by atoms with E-state index in [9.17, 15) is 22.8 Å². The van der Waals surface area contributed by atoms with Crippen molar-refractivity contribution in [2.75, 3.05) is 13.1 Å². The van der Waals surface area contributed by atoms with E-state index in [1.807, 2.05) is 0 Å². The van der Waals surface area contributed by atoms with Gasteiger partial charge < -0.3 is 15.3 Å². The average molecular weight is 254 g/mol. The monoisotopic (exact) mass is 254 g/mol. The predicted octanol–water partition coefficient (Wildman–Crippen LogP) is 1.22. The van der Waals surface area contributed by atoms with E-state index in [4.69, 9.17) is 5.11 Å². The molecular weight excluding hydrogens is 241 g/mol. The van der Waals surface area contributed by atoms with Gasteiger partial charge in [-0.05, 0) is 6.92 Å². The van der Waals surface area contributed by atoms with Crippen LogP contribution in [0, 0.1) is 0 Å². The van der Waals surface area contributed by atoms with Crippen LogP contribution in [0.25, 0.3) is 0 Å². The first-order chi connectivity index (χ1) is 7.65. The largest absolute Gasteiger partial charge is 0.480 e. The second kappa shape index (κ2) is 6.12. The molecule has 0 aliphatic carbocycles. The molecule has 0 saturated heterocycles. The van der Waals surface area contributed by atoms with Gasteiger partial charge in [-0.15, -0.1) is 6.58 Å². The highest BCUT2D eigenvalue weighted by molar-refractivity contribution is 5.80. The Morgan fingerprint density at radius 1 is 1.53 bits per heavy atom. The Labute approximate surface area is 95.9 Å². The zero-order valence-corrected chi connectivity index (χ0v) is 9.12. The number of hydrogen-bond donors (Lipinski definition) is 2. The highest BCUT2D eigenvalue weighted by atomic mass is 19.4. The van der Waals surface area contributed by atoms with Crippen LogP contribution >= 0.6 is 0 Å². The number of carboxylic acid groups (broad SMARTS) is 1. The van der Waals surface area contributed by atoms with Gasteiger partial charge in [0.1, 0.15) is 13.1 Å². The van der Waals surface area contributed by atoms with Gasteiger partial charge in [-0.2, -0.15) is 13.2 Å². The molecule has 8 heteroatoms. The molecule has 0 aliphatic rings. The van der Waals surface area contributed by atoms with Crippen molar-refractivity contribution in [1.29, 1.82) is 0 Å². The third-order valence-corrected chi connectivity index (χ3v) is 1.69. The molecule has 1 atom stereocenters. The number of amides is 2. The maximum Gasteiger partial charge on any atom is 0.406 e. The number of carbonyl (C=O) groups excluding carboxylic acids is 1. The second-order valence-corrected chi connectivity index (χ2v) is 3.34. The molecule has 17 heavy (non-hydrogen) atoms. The summed E-state index contributed by atoms with van der Waals surface area (Å²) in [4.78, 5) is 21.8. The van der Waals surface area contributed by atoms with Crippen molar-refractivity contribution in [3.8, 4) is 0 Å². The number of rotatable bonds is 5. The van der Waals surface area contributed by atoms with E-state index < -0.39 is 37.3 Å². The molecule has 1 unspecified atom stereocenters. The molecule has 0 aliphatic heterocycles. The molecular formula is C9H13F3N2O3. The van der Waals surface area contributed by atoms with Gasteiger partial charge in [0.2, 0.25) is 0 Å². The number of carboxylic acids is 1. The molecule has 5 nitrogen and oxygen atoms in total. The summed E-state index contributed by atoms with van der Waals surface area (Å²) in [5.74, 6) is -1.52. The summed E-state index contributed by atoms with van der Waals surface area (Å²) in [6.07, 6.45) is -3.34. The van der Waals surface area contributed by atoms with Crippen LogP contribution in [0.5, 0.6) is 0 Å². The van der Waals surface area contributed by atoms with Crippen LogP contribution in [0.4, 0.5) is 18.0 Å². The molecule has 0 rings (SSSR count). The topological polar surface area (TPSA) is 69.6 Å². The predicted molar refractivity (Wildman–Crippen MR) is 53.5 cm³/mol. The zero-order valence-electron chi connectivity index (χ0n) is 9.12. The Bertz CT molecular complexity index is 304. The third-order valence-electron chi connectivity index (χ3n) is 1.69. The van der Waals surface area contributed by atoms with Crippen molar-refractivity contribution < 1.29 is 27.9 Å². The quantitative estimate of drug-likeness (QED) is 0.725. The van der Waals surface area contributed by atoms with Crippen molar-refractivity contribution in [3.05, 3.63) is 12.7 Å². The first-order valence-electron chi connectivity index (χ1n) is 4.62. The lowest BCUT2D eigenvalue weighted by molar-refractivity contribution is -0.149. The summed E-state index contributed by atoms with van der Waals surface area (Å²) >= 11 is 0. The number of aliphatic carboxylic acids is 1. The van der Waals surface area contributed by atoms with Crippen LogP contribution in [0.15, 0.2) is 12.7 Å². The minimum Gasteiger partial charge on any atom is -0.480 e. The first-order valence-corrected chi connectivity index (χ1v) is 4.62. The van der Waals surface area contributed by atoms with Crippen LogP contribution < -0.4 is 5.32 Å². The maximum absolute atomic E-state index is 12.1. The Morgan fingerprint density at radius 3 is 2.41 bits per heavy atom. The third kappa shape index (κ3) is 7.20. The number of alkyl halides is 3. The summed E-state index contributed by atoms with van der Waals surface area (Å²) in [6, 6.07) is -1.65. The maximum atomic E-state index is 12.1. The summed E-state index contributed by atoms with van der Waals surface area (Å²) in [7, 11) is 0. The van der Waals surface area contributed by atoms with Crippen molar-refractivity contribution >= 4 is 12.0 Å². The van der Waals surface area contributed by atoms with E-state index in [1.54, 1.807) is 0 Å². The molecule has 0 aromatic heterocycles. The smallest absolute Gasteiger partial charge is 0.406 e. The van der Waals surface area contributed by atoms with Gasteiger partial charge in [-0.1, -0.05) is 6.08 Å². The second-order valence-electron chi connectivity index (χ2n) is 3.34.